The standard InChI is InChI=1S/C22H22O8/c1-26-16-9-12(10-17(27-2)21(16)29-4)14(11-18(23)28-3)19-20(24)13-7-5-6-8-15(13)30-22(19)25/h5-10,14,24H,11H2,1-4H3/t14-/m1/s1. The molecule has 0 aliphatic rings. The summed E-state index contributed by atoms with van der Waals surface area (Å²) in [5.74, 6) is -0.676. The van der Waals surface area contributed by atoms with E-state index in [1.807, 2.05) is 0 Å². The lowest BCUT2D eigenvalue weighted by Crippen LogP contribution is -2.18. The fraction of sp³-hybridized carbons (Fsp3) is 0.273. The Morgan fingerprint density at radius 2 is 1.67 bits per heavy atom. The van der Waals surface area contributed by atoms with Crippen molar-refractivity contribution in [3.8, 4) is 23.0 Å². The van der Waals surface area contributed by atoms with E-state index in [2.05, 4.69) is 0 Å². The summed E-state index contributed by atoms with van der Waals surface area (Å²) in [6, 6.07) is 9.83. The summed E-state index contributed by atoms with van der Waals surface area (Å²) in [4.78, 5) is 25.0. The second-order valence-corrected chi connectivity index (χ2v) is 6.44. The molecule has 0 radical (unpaired) electrons. The summed E-state index contributed by atoms with van der Waals surface area (Å²) < 4.78 is 26.3. The van der Waals surface area contributed by atoms with Crippen molar-refractivity contribution in [1.82, 2.24) is 0 Å². The van der Waals surface area contributed by atoms with Crippen molar-refractivity contribution in [1.29, 1.82) is 0 Å². The number of hydrogen-bond acceptors (Lipinski definition) is 8. The van der Waals surface area contributed by atoms with Crippen LogP contribution in [0.15, 0.2) is 45.6 Å². The van der Waals surface area contributed by atoms with Crippen molar-refractivity contribution in [3.05, 3.63) is 57.9 Å². The molecule has 1 heterocycles. The molecular weight excluding hydrogens is 392 g/mol. The minimum Gasteiger partial charge on any atom is -0.507 e. The van der Waals surface area contributed by atoms with Gasteiger partial charge in [0.05, 0.1) is 45.8 Å². The number of carbonyl (C=O) groups is 1. The number of aromatic hydroxyl groups is 1. The van der Waals surface area contributed by atoms with Gasteiger partial charge in [-0.25, -0.2) is 4.79 Å². The molecule has 0 bridgehead atoms. The summed E-state index contributed by atoms with van der Waals surface area (Å²) in [6.45, 7) is 0. The SMILES string of the molecule is COC(=O)C[C@H](c1cc(OC)c(OC)c(OC)c1)c1c(O)c2ccccc2oc1=O. The van der Waals surface area contributed by atoms with E-state index >= 15 is 0 Å². The summed E-state index contributed by atoms with van der Waals surface area (Å²) in [5, 5.41) is 11.3. The van der Waals surface area contributed by atoms with Gasteiger partial charge in [-0.05, 0) is 29.8 Å². The van der Waals surface area contributed by atoms with Gasteiger partial charge in [0.15, 0.2) is 11.5 Å². The summed E-state index contributed by atoms with van der Waals surface area (Å²) in [7, 11) is 5.63. The van der Waals surface area contributed by atoms with Crippen LogP contribution in [0, 0.1) is 0 Å². The lowest BCUT2D eigenvalue weighted by atomic mass is 9.87. The summed E-state index contributed by atoms with van der Waals surface area (Å²) in [6.07, 6.45) is -0.216. The molecule has 1 N–H and O–H groups in total. The Kier molecular flexibility index (Phi) is 6.15. The van der Waals surface area contributed by atoms with Crippen LogP contribution >= 0.6 is 0 Å². The number of esters is 1. The third-order valence-electron chi connectivity index (χ3n) is 4.86. The van der Waals surface area contributed by atoms with Crippen LogP contribution in [0.4, 0.5) is 0 Å². The monoisotopic (exact) mass is 414 g/mol. The van der Waals surface area contributed by atoms with Crippen LogP contribution in [0.1, 0.15) is 23.5 Å². The second kappa shape index (κ2) is 8.77. The Morgan fingerprint density at radius 1 is 1.03 bits per heavy atom. The Morgan fingerprint density at radius 3 is 2.23 bits per heavy atom. The van der Waals surface area contributed by atoms with E-state index in [0.717, 1.165) is 0 Å². The van der Waals surface area contributed by atoms with Crippen LogP contribution in [-0.4, -0.2) is 39.5 Å². The topological polar surface area (TPSA) is 104 Å². The molecule has 0 amide bonds. The molecule has 0 spiro atoms. The third kappa shape index (κ3) is 3.76. The van der Waals surface area contributed by atoms with Crippen molar-refractivity contribution in [2.24, 2.45) is 0 Å². The number of methoxy groups -OCH3 is 4. The maximum absolute atomic E-state index is 12.8. The second-order valence-electron chi connectivity index (χ2n) is 6.44. The third-order valence-corrected chi connectivity index (χ3v) is 4.86. The number of para-hydroxylation sites is 1. The van der Waals surface area contributed by atoms with Crippen LogP contribution in [0.25, 0.3) is 11.0 Å². The lowest BCUT2D eigenvalue weighted by molar-refractivity contribution is -0.140. The van der Waals surface area contributed by atoms with Crippen molar-refractivity contribution in [3.63, 3.8) is 0 Å². The smallest absolute Gasteiger partial charge is 0.343 e. The Balaban J connectivity index is 2.29. The minimum atomic E-state index is -0.882. The van der Waals surface area contributed by atoms with E-state index in [4.69, 9.17) is 23.4 Å². The zero-order valence-electron chi connectivity index (χ0n) is 17.1. The zero-order valence-corrected chi connectivity index (χ0v) is 17.1. The average molecular weight is 414 g/mol. The quantitative estimate of drug-likeness (QED) is 0.464. The molecule has 0 saturated carbocycles. The molecule has 0 fully saturated rings. The average Bonchev–Trinajstić information content (AvgIpc) is 2.77. The van der Waals surface area contributed by atoms with E-state index < -0.39 is 17.5 Å². The van der Waals surface area contributed by atoms with Crippen molar-refractivity contribution in [2.75, 3.05) is 28.4 Å². The molecule has 1 aromatic heterocycles. The zero-order chi connectivity index (χ0) is 21.8. The molecule has 0 saturated heterocycles. The highest BCUT2D eigenvalue weighted by Crippen LogP contribution is 2.43. The first-order valence-electron chi connectivity index (χ1n) is 9.06. The highest BCUT2D eigenvalue weighted by molar-refractivity contribution is 5.85. The van der Waals surface area contributed by atoms with Crippen LogP contribution in [0.2, 0.25) is 0 Å². The van der Waals surface area contributed by atoms with E-state index in [1.54, 1.807) is 36.4 Å². The number of carbonyl (C=O) groups excluding carboxylic acids is 1. The van der Waals surface area contributed by atoms with Gasteiger partial charge in [0.25, 0.3) is 0 Å². The number of ether oxygens (including phenoxy) is 4. The molecular formula is C22H22O8. The molecule has 8 nitrogen and oxygen atoms in total. The predicted molar refractivity (Wildman–Crippen MR) is 109 cm³/mol. The molecule has 0 aliphatic carbocycles. The maximum Gasteiger partial charge on any atom is 0.343 e. The highest BCUT2D eigenvalue weighted by Gasteiger charge is 2.29. The van der Waals surface area contributed by atoms with E-state index in [-0.39, 0.29) is 23.3 Å². The first-order chi connectivity index (χ1) is 14.4. The van der Waals surface area contributed by atoms with Crippen LogP contribution < -0.4 is 19.8 Å². The highest BCUT2D eigenvalue weighted by atomic mass is 16.5. The Hall–Kier alpha value is -3.68. The summed E-state index contributed by atoms with van der Waals surface area (Å²) >= 11 is 0. The first-order valence-corrected chi connectivity index (χ1v) is 9.06. The van der Waals surface area contributed by atoms with Gasteiger partial charge in [0.1, 0.15) is 11.3 Å². The number of rotatable bonds is 7. The minimum absolute atomic E-state index is 0.0617. The molecule has 1 atom stereocenters. The van der Waals surface area contributed by atoms with Crippen LogP contribution in [0.3, 0.4) is 0 Å². The van der Waals surface area contributed by atoms with Crippen molar-refractivity contribution < 1.29 is 33.3 Å². The van der Waals surface area contributed by atoms with Gasteiger partial charge in [-0.15, -0.1) is 0 Å². The van der Waals surface area contributed by atoms with E-state index in [9.17, 15) is 14.7 Å². The number of benzene rings is 2. The Labute approximate surface area is 172 Å². The van der Waals surface area contributed by atoms with E-state index in [0.29, 0.717) is 28.2 Å². The van der Waals surface area contributed by atoms with Gasteiger partial charge in [-0.2, -0.15) is 0 Å². The maximum atomic E-state index is 12.8. The van der Waals surface area contributed by atoms with Crippen LogP contribution in [0.5, 0.6) is 23.0 Å². The van der Waals surface area contributed by atoms with Gasteiger partial charge in [0, 0.05) is 5.92 Å². The fourth-order valence-electron chi connectivity index (χ4n) is 3.39. The van der Waals surface area contributed by atoms with Gasteiger partial charge in [-0.1, -0.05) is 12.1 Å². The molecule has 8 heteroatoms. The fourth-order valence-corrected chi connectivity index (χ4v) is 3.39. The Bertz CT molecular complexity index is 1110. The van der Waals surface area contributed by atoms with E-state index in [1.165, 1.54) is 28.4 Å². The molecule has 158 valence electrons. The van der Waals surface area contributed by atoms with Crippen molar-refractivity contribution in [2.45, 2.75) is 12.3 Å². The molecule has 0 aliphatic heterocycles. The van der Waals surface area contributed by atoms with Gasteiger partial charge in [0.2, 0.25) is 5.75 Å². The predicted octanol–water partition coefficient (Wildman–Crippen LogP) is 3.22. The molecule has 3 aromatic rings. The van der Waals surface area contributed by atoms with Crippen molar-refractivity contribution >= 4 is 16.9 Å². The molecule has 0 unspecified atom stereocenters. The number of fused-ring (bicyclic) bond motifs is 1. The molecule has 2 aromatic carbocycles. The van der Waals surface area contributed by atoms with Crippen LogP contribution in [-0.2, 0) is 9.53 Å². The van der Waals surface area contributed by atoms with Gasteiger partial charge in [-0.3, -0.25) is 4.79 Å². The van der Waals surface area contributed by atoms with Gasteiger partial charge >= 0.3 is 11.6 Å². The normalized spacial score (nSPS) is 11.7. The lowest BCUT2D eigenvalue weighted by Gasteiger charge is -2.20. The van der Waals surface area contributed by atoms with Gasteiger partial charge < -0.3 is 28.5 Å². The number of hydrogen-bond donors (Lipinski definition) is 1. The molecule has 30 heavy (non-hydrogen) atoms. The molecule has 3 rings (SSSR count). The summed E-state index contributed by atoms with van der Waals surface area (Å²) in [5.41, 5.74) is -0.0968. The first kappa shape index (κ1) is 21.0. The largest absolute Gasteiger partial charge is 0.507 e.